The molecule has 25 heavy (non-hydrogen) atoms. The Morgan fingerprint density at radius 2 is 1.72 bits per heavy atom. The molecule has 1 aromatic carbocycles. The molecule has 0 atom stereocenters. The normalized spacial score (nSPS) is 15.9. The molecule has 6 heteroatoms. The maximum absolute atomic E-state index is 12.5. The van der Waals surface area contributed by atoms with Crippen molar-refractivity contribution in [2.75, 3.05) is 31.6 Å². The fourth-order valence-electron chi connectivity index (χ4n) is 2.65. The lowest BCUT2D eigenvalue weighted by Gasteiger charge is -2.31. The van der Waals surface area contributed by atoms with E-state index in [0.717, 1.165) is 0 Å². The van der Waals surface area contributed by atoms with E-state index in [1.807, 2.05) is 0 Å². The number of rotatable bonds is 7. The monoisotopic (exact) mass is 343 g/mol. The Morgan fingerprint density at radius 1 is 1.16 bits per heavy atom. The molecular formula is C19H25N3O3. The molecule has 2 amide bonds. The Morgan fingerprint density at radius 3 is 2.24 bits per heavy atom. The van der Waals surface area contributed by atoms with E-state index in [1.165, 1.54) is 0 Å². The van der Waals surface area contributed by atoms with Crippen LogP contribution in [-0.4, -0.2) is 48.6 Å². The van der Waals surface area contributed by atoms with E-state index >= 15 is 0 Å². The van der Waals surface area contributed by atoms with E-state index in [1.54, 1.807) is 41.3 Å². The van der Waals surface area contributed by atoms with Crippen LogP contribution in [0.4, 0.5) is 5.69 Å². The molecule has 0 unspecified atom stereocenters. The maximum Gasteiger partial charge on any atom is 0.254 e. The summed E-state index contributed by atoms with van der Waals surface area (Å²) >= 11 is 0. The summed E-state index contributed by atoms with van der Waals surface area (Å²) < 4.78 is 5.25. The average molecular weight is 343 g/mol. The Labute approximate surface area is 148 Å². The zero-order chi connectivity index (χ0) is 18.3. The van der Waals surface area contributed by atoms with Crippen molar-refractivity contribution in [2.24, 2.45) is 5.73 Å². The van der Waals surface area contributed by atoms with E-state index in [4.69, 9.17) is 10.5 Å². The summed E-state index contributed by atoms with van der Waals surface area (Å²) in [5, 5.41) is 2.82. The van der Waals surface area contributed by atoms with Crippen LogP contribution in [0.2, 0.25) is 0 Å². The van der Waals surface area contributed by atoms with Crippen molar-refractivity contribution in [1.29, 1.82) is 0 Å². The van der Waals surface area contributed by atoms with Gasteiger partial charge < -0.3 is 20.7 Å². The summed E-state index contributed by atoms with van der Waals surface area (Å²) in [6.07, 6.45) is 4.33. The number of nitrogens with one attached hydrogen (secondary N) is 1. The van der Waals surface area contributed by atoms with Gasteiger partial charge in [0, 0.05) is 37.6 Å². The molecule has 1 aliphatic heterocycles. The van der Waals surface area contributed by atoms with Crippen LogP contribution in [0.1, 0.15) is 23.2 Å². The van der Waals surface area contributed by atoms with E-state index in [9.17, 15) is 9.59 Å². The molecule has 0 aliphatic carbocycles. The standard InChI is InChI=1S/C19H25N3O3/c1-3-11-22(12-4-2)17(23)15-5-7-16(8-6-15)21-18(24)19(20)9-13-25-14-10-19/h3-8H,1-2,9-14,20H2,(H,21,24). The Bertz CT molecular complexity index is 624. The zero-order valence-corrected chi connectivity index (χ0v) is 14.4. The summed E-state index contributed by atoms with van der Waals surface area (Å²) in [4.78, 5) is 26.5. The summed E-state index contributed by atoms with van der Waals surface area (Å²) in [5.74, 6) is -0.341. The quantitative estimate of drug-likeness (QED) is 0.741. The maximum atomic E-state index is 12.5. The molecule has 0 radical (unpaired) electrons. The lowest BCUT2D eigenvalue weighted by atomic mass is 9.90. The van der Waals surface area contributed by atoms with Crippen molar-refractivity contribution in [1.82, 2.24) is 4.90 Å². The first-order valence-corrected chi connectivity index (χ1v) is 8.29. The first-order chi connectivity index (χ1) is 12.0. The molecule has 1 fully saturated rings. The summed E-state index contributed by atoms with van der Waals surface area (Å²) in [6, 6.07) is 6.77. The van der Waals surface area contributed by atoms with Gasteiger partial charge in [0.25, 0.3) is 5.91 Å². The number of amides is 2. The van der Waals surface area contributed by atoms with Gasteiger partial charge in [-0.3, -0.25) is 9.59 Å². The number of benzene rings is 1. The molecule has 134 valence electrons. The number of hydrogen-bond acceptors (Lipinski definition) is 4. The van der Waals surface area contributed by atoms with Gasteiger partial charge in [-0.15, -0.1) is 13.2 Å². The van der Waals surface area contributed by atoms with Gasteiger partial charge in [-0.1, -0.05) is 12.2 Å². The lowest BCUT2D eigenvalue weighted by Crippen LogP contribution is -2.54. The van der Waals surface area contributed by atoms with Crippen LogP contribution in [0.25, 0.3) is 0 Å². The Balaban J connectivity index is 2.03. The van der Waals surface area contributed by atoms with Crippen molar-refractivity contribution in [3.05, 3.63) is 55.1 Å². The number of nitrogens with zero attached hydrogens (tertiary/aromatic N) is 1. The minimum absolute atomic E-state index is 0.114. The van der Waals surface area contributed by atoms with Crippen LogP contribution in [0.5, 0.6) is 0 Å². The van der Waals surface area contributed by atoms with Gasteiger partial charge >= 0.3 is 0 Å². The van der Waals surface area contributed by atoms with Crippen LogP contribution in [0.15, 0.2) is 49.6 Å². The molecule has 1 aromatic rings. The third-order valence-corrected chi connectivity index (χ3v) is 4.21. The Kier molecular flexibility index (Phi) is 6.50. The minimum Gasteiger partial charge on any atom is -0.381 e. The topological polar surface area (TPSA) is 84.7 Å². The number of hydrogen-bond donors (Lipinski definition) is 2. The highest BCUT2D eigenvalue weighted by atomic mass is 16.5. The van der Waals surface area contributed by atoms with E-state index in [-0.39, 0.29) is 11.8 Å². The highest BCUT2D eigenvalue weighted by Gasteiger charge is 2.35. The minimum atomic E-state index is -0.905. The third kappa shape index (κ3) is 4.78. The summed E-state index contributed by atoms with van der Waals surface area (Å²) in [6.45, 7) is 9.18. The van der Waals surface area contributed by atoms with Gasteiger partial charge in [0.2, 0.25) is 5.91 Å². The first kappa shape index (κ1) is 18.9. The van der Waals surface area contributed by atoms with Gasteiger partial charge in [-0.25, -0.2) is 0 Å². The number of ether oxygens (including phenoxy) is 1. The zero-order valence-electron chi connectivity index (χ0n) is 14.4. The van der Waals surface area contributed by atoms with Crippen molar-refractivity contribution in [3.8, 4) is 0 Å². The van der Waals surface area contributed by atoms with Gasteiger partial charge in [0.15, 0.2) is 0 Å². The van der Waals surface area contributed by atoms with E-state index in [0.29, 0.717) is 50.4 Å². The van der Waals surface area contributed by atoms with Gasteiger partial charge in [-0.2, -0.15) is 0 Å². The predicted octanol–water partition coefficient (Wildman–Crippen LogP) is 1.95. The highest BCUT2D eigenvalue weighted by Crippen LogP contribution is 2.20. The second kappa shape index (κ2) is 8.60. The van der Waals surface area contributed by atoms with Crippen LogP contribution < -0.4 is 11.1 Å². The van der Waals surface area contributed by atoms with Crippen LogP contribution >= 0.6 is 0 Å². The van der Waals surface area contributed by atoms with E-state index < -0.39 is 5.54 Å². The molecule has 0 spiro atoms. The molecule has 3 N–H and O–H groups in total. The Hall–Kier alpha value is -2.44. The van der Waals surface area contributed by atoms with Gasteiger partial charge in [0.1, 0.15) is 5.54 Å². The summed E-state index contributed by atoms with van der Waals surface area (Å²) in [7, 11) is 0. The number of carbonyl (C=O) groups is 2. The van der Waals surface area contributed by atoms with Crippen molar-refractivity contribution in [2.45, 2.75) is 18.4 Å². The molecule has 2 rings (SSSR count). The molecule has 1 saturated heterocycles. The molecule has 0 aromatic heterocycles. The van der Waals surface area contributed by atoms with Crippen molar-refractivity contribution >= 4 is 17.5 Å². The summed E-state index contributed by atoms with van der Waals surface area (Å²) in [5.41, 5.74) is 6.40. The lowest BCUT2D eigenvalue weighted by molar-refractivity contribution is -0.124. The van der Waals surface area contributed by atoms with E-state index in [2.05, 4.69) is 18.5 Å². The number of nitrogens with two attached hydrogens (primary N) is 1. The molecule has 0 saturated carbocycles. The molecular weight excluding hydrogens is 318 g/mol. The van der Waals surface area contributed by atoms with Crippen molar-refractivity contribution in [3.63, 3.8) is 0 Å². The van der Waals surface area contributed by atoms with Gasteiger partial charge in [0.05, 0.1) is 0 Å². The molecule has 0 bridgehead atoms. The van der Waals surface area contributed by atoms with Crippen molar-refractivity contribution < 1.29 is 14.3 Å². The SMILES string of the molecule is C=CCN(CC=C)C(=O)c1ccc(NC(=O)C2(N)CCOCC2)cc1. The molecule has 6 nitrogen and oxygen atoms in total. The van der Waals surface area contributed by atoms with Crippen LogP contribution in [0.3, 0.4) is 0 Å². The molecule has 1 heterocycles. The highest BCUT2D eigenvalue weighted by molar-refractivity contribution is 5.99. The largest absolute Gasteiger partial charge is 0.381 e. The third-order valence-electron chi connectivity index (χ3n) is 4.21. The second-order valence-corrected chi connectivity index (χ2v) is 6.09. The number of anilines is 1. The smallest absolute Gasteiger partial charge is 0.254 e. The van der Waals surface area contributed by atoms with Crippen LogP contribution in [0, 0.1) is 0 Å². The average Bonchev–Trinajstić information content (AvgIpc) is 2.62. The van der Waals surface area contributed by atoms with Crippen LogP contribution in [-0.2, 0) is 9.53 Å². The molecule has 1 aliphatic rings. The first-order valence-electron chi connectivity index (χ1n) is 8.29. The fourth-order valence-corrected chi connectivity index (χ4v) is 2.65. The number of carbonyl (C=O) groups excluding carboxylic acids is 2. The fraction of sp³-hybridized carbons (Fsp3) is 0.368. The van der Waals surface area contributed by atoms with Gasteiger partial charge in [-0.05, 0) is 37.1 Å². The predicted molar refractivity (Wildman–Crippen MR) is 98.3 cm³/mol. The second-order valence-electron chi connectivity index (χ2n) is 6.09.